The van der Waals surface area contributed by atoms with E-state index in [0.717, 1.165) is 18.2 Å². The largest absolute Gasteiger partial charge is 0.406 e. The van der Waals surface area contributed by atoms with Crippen molar-refractivity contribution in [2.24, 2.45) is 5.92 Å². The van der Waals surface area contributed by atoms with Gasteiger partial charge in [0.25, 0.3) is 17.5 Å². The van der Waals surface area contributed by atoms with E-state index in [0.29, 0.717) is 22.6 Å². The summed E-state index contributed by atoms with van der Waals surface area (Å²) in [6, 6.07) is 2.38. The molecule has 11 heteroatoms. The van der Waals surface area contributed by atoms with Crippen molar-refractivity contribution in [2.45, 2.75) is 32.0 Å². The van der Waals surface area contributed by atoms with Gasteiger partial charge in [-0.15, -0.1) is 0 Å². The highest BCUT2D eigenvalue weighted by Crippen LogP contribution is 2.36. The molecule has 150 valence electrons. The number of carbonyl (C=O) groups excluding carboxylic acids is 3. The van der Waals surface area contributed by atoms with E-state index < -0.39 is 53.6 Å². The molecular formula is C17H16F3N3O5. The molecule has 1 aromatic rings. The van der Waals surface area contributed by atoms with Gasteiger partial charge in [-0.1, -0.05) is 0 Å². The molecule has 28 heavy (non-hydrogen) atoms. The van der Waals surface area contributed by atoms with E-state index in [9.17, 15) is 37.7 Å². The standard InChI is InChI=1S/C17H16F3N3O5/c1-9(10-2-3-10)22(8-17(18,19)20)14(24)7-21-15(25)12-5-4-11(23(27)28)6-13(12)16(21)26/h4-6,9-10H,2-3,7-8H2,1H3. The van der Waals surface area contributed by atoms with Gasteiger partial charge in [0.15, 0.2) is 0 Å². The number of carbonyl (C=O) groups is 3. The summed E-state index contributed by atoms with van der Waals surface area (Å²) in [5.74, 6) is -2.85. The van der Waals surface area contributed by atoms with Gasteiger partial charge in [0.05, 0.1) is 16.1 Å². The lowest BCUT2D eigenvalue weighted by atomic mass is 10.1. The van der Waals surface area contributed by atoms with Gasteiger partial charge in [-0.05, 0) is 31.7 Å². The first-order valence-electron chi connectivity index (χ1n) is 8.50. The van der Waals surface area contributed by atoms with E-state index in [1.54, 1.807) is 0 Å². The van der Waals surface area contributed by atoms with Crippen molar-refractivity contribution >= 4 is 23.4 Å². The Bertz CT molecular complexity index is 866. The number of alkyl halides is 3. The van der Waals surface area contributed by atoms with Gasteiger partial charge in [-0.25, -0.2) is 0 Å². The number of nitro benzene ring substituents is 1. The first kappa shape index (κ1) is 19.8. The van der Waals surface area contributed by atoms with Crippen LogP contribution in [0.15, 0.2) is 18.2 Å². The van der Waals surface area contributed by atoms with E-state index in [-0.39, 0.29) is 17.0 Å². The Morgan fingerprint density at radius 1 is 1.29 bits per heavy atom. The van der Waals surface area contributed by atoms with Crippen molar-refractivity contribution in [1.29, 1.82) is 0 Å². The molecule has 3 amide bonds. The fourth-order valence-electron chi connectivity index (χ4n) is 3.25. The second-order valence-corrected chi connectivity index (χ2v) is 6.90. The van der Waals surface area contributed by atoms with Crippen molar-refractivity contribution in [3.63, 3.8) is 0 Å². The number of hydrogen-bond donors (Lipinski definition) is 0. The first-order chi connectivity index (χ1) is 13.0. The highest BCUT2D eigenvalue weighted by Gasteiger charge is 2.43. The fraction of sp³-hybridized carbons (Fsp3) is 0.471. The van der Waals surface area contributed by atoms with Crippen molar-refractivity contribution < 1.29 is 32.5 Å². The Balaban J connectivity index is 1.81. The number of amides is 3. The fourth-order valence-corrected chi connectivity index (χ4v) is 3.25. The SMILES string of the molecule is CC(C1CC1)N(CC(F)(F)F)C(=O)CN1C(=O)c2ccc([N+](=O)[O-])cc2C1=O. The molecule has 1 aromatic carbocycles. The van der Waals surface area contributed by atoms with Crippen LogP contribution in [0, 0.1) is 16.0 Å². The lowest BCUT2D eigenvalue weighted by Crippen LogP contribution is -2.50. The lowest BCUT2D eigenvalue weighted by molar-refractivity contribution is -0.384. The number of fused-ring (bicyclic) bond motifs is 1. The Kier molecular flexibility index (Phi) is 4.86. The maximum absolute atomic E-state index is 12.9. The average Bonchev–Trinajstić information content (AvgIpc) is 3.43. The molecule has 8 nitrogen and oxygen atoms in total. The smallest absolute Gasteiger partial charge is 0.329 e. The minimum absolute atomic E-state index is 0.0453. The van der Waals surface area contributed by atoms with Crippen LogP contribution in [-0.4, -0.2) is 57.8 Å². The number of hydrogen-bond acceptors (Lipinski definition) is 5. The monoisotopic (exact) mass is 399 g/mol. The van der Waals surface area contributed by atoms with Crippen LogP contribution in [0.25, 0.3) is 0 Å². The number of halogens is 3. The van der Waals surface area contributed by atoms with Gasteiger partial charge >= 0.3 is 6.18 Å². The molecular weight excluding hydrogens is 383 g/mol. The number of nitrogens with zero attached hydrogens (tertiary/aromatic N) is 3. The number of imide groups is 1. The van der Waals surface area contributed by atoms with E-state index in [2.05, 4.69) is 0 Å². The van der Waals surface area contributed by atoms with Gasteiger partial charge in [-0.3, -0.25) is 29.4 Å². The van der Waals surface area contributed by atoms with Crippen LogP contribution in [-0.2, 0) is 4.79 Å². The molecule has 2 aliphatic rings. The highest BCUT2D eigenvalue weighted by atomic mass is 19.4. The molecule has 0 saturated heterocycles. The molecule has 1 heterocycles. The second kappa shape index (κ2) is 6.88. The minimum atomic E-state index is -4.62. The van der Waals surface area contributed by atoms with Crippen LogP contribution in [0.5, 0.6) is 0 Å². The topological polar surface area (TPSA) is 101 Å². The molecule has 1 aliphatic heterocycles. The Labute approximate surface area is 157 Å². The maximum Gasteiger partial charge on any atom is 0.406 e. The van der Waals surface area contributed by atoms with Crippen molar-refractivity contribution in [3.05, 3.63) is 39.4 Å². The summed E-state index contributed by atoms with van der Waals surface area (Å²) < 4.78 is 38.7. The highest BCUT2D eigenvalue weighted by molar-refractivity contribution is 6.22. The zero-order valence-electron chi connectivity index (χ0n) is 14.7. The summed E-state index contributed by atoms with van der Waals surface area (Å²) in [5, 5.41) is 10.8. The predicted molar refractivity (Wildman–Crippen MR) is 88.4 cm³/mol. The van der Waals surface area contributed by atoms with Crippen molar-refractivity contribution in [1.82, 2.24) is 9.80 Å². The molecule has 0 spiro atoms. The molecule has 1 atom stereocenters. The van der Waals surface area contributed by atoms with Gasteiger partial charge in [0, 0.05) is 18.2 Å². The third-order valence-electron chi connectivity index (χ3n) is 4.92. The van der Waals surface area contributed by atoms with E-state index in [1.165, 1.54) is 6.92 Å². The molecule has 1 fully saturated rings. The summed E-state index contributed by atoms with van der Waals surface area (Å²) in [6.45, 7) is -0.821. The Hall–Kier alpha value is -2.98. The van der Waals surface area contributed by atoms with Gasteiger partial charge in [0.1, 0.15) is 13.1 Å². The molecule has 1 saturated carbocycles. The van der Waals surface area contributed by atoms with Crippen LogP contribution >= 0.6 is 0 Å². The van der Waals surface area contributed by atoms with Crippen LogP contribution < -0.4 is 0 Å². The minimum Gasteiger partial charge on any atom is -0.329 e. The van der Waals surface area contributed by atoms with Gasteiger partial charge < -0.3 is 4.90 Å². The zero-order valence-corrected chi connectivity index (χ0v) is 14.7. The predicted octanol–water partition coefficient (Wildman–Crippen LogP) is 2.38. The maximum atomic E-state index is 12.9. The van der Waals surface area contributed by atoms with Crippen LogP contribution in [0.2, 0.25) is 0 Å². The number of non-ortho nitro benzene ring substituents is 1. The van der Waals surface area contributed by atoms with Crippen LogP contribution in [0.1, 0.15) is 40.5 Å². The Morgan fingerprint density at radius 3 is 2.43 bits per heavy atom. The van der Waals surface area contributed by atoms with Crippen molar-refractivity contribution in [3.8, 4) is 0 Å². The van der Waals surface area contributed by atoms with Gasteiger partial charge in [-0.2, -0.15) is 13.2 Å². The molecule has 1 aliphatic carbocycles. The molecule has 1 unspecified atom stereocenters. The van der Waals surface area contributed by atoms with Crippen molar-refractivity contribution in [2.75, 3.05) is 13.1 Å². The first-order valence-corrected chi connectivity index (χ1v) is 8.50. The third kappa shape index (κ3) is 3.82. The molecule has 0 N–H and O–H groups in total. The molecule has 0 aromatic heterocycles. The lowest BCUT2D eigenvalue weighted by Gasteiger charge is -2.31. The zero-order chi connectivity index (χ0) is 20.8. The van der Waals surface area contributed by atoms with Crippen LogP contribution in [0.4, 0.5) is 18.9 Å². The number of benzene rings is 1. The summed E-state index contributed by atoms with van der Waals surface area (Å²) in [5.41, 5.74) is -0.778. The van der Waals surface area contributed by atoms with E-state index >= 15 is 0 Å². The summed E-state index contributed by atoms with van der Waals surface area (Å²) in [6.07, 6.45) is -3.21. The summed E-state index contributed by atoms with van der Waals surface area (Å²) in [4.78, 5) is 48.6. The number of nitro groups is 1. The summed E-state index contributed by atoms with van der Waals surface area (Å²) in [7, 11) is 0. The van der Waals surface area contributed by atoms with Gasteiger partial charge in [0.2, 0.25) is 5.91 Å². The second-order valence-electron chi connectivity index (χ2n) is 6.90. The van der Waals surface area contributed by atoms with E-state index in [1.807, 2.05) is 0 Å². The van der Waals surface area contributed by atoms with E-state index in [4.69, 9.17) is 0 Å². The quantitative estimate of drug-likeness (QED) is 0.415. The molecule has 0 bridgehead atoms. The average molecular weight is 399 g/mol. The summed E-state index contributed by atoms with van der Waals surface area (Å²) >= 11 is 0. The Morgan fingerprint density at radius 2 is 1.89 bits per heavy atom. The third-order valence-corrected chi connectivity index (χ3v) is 4.92. The number of rotatable bonds is 6. The molecule has 0 radical (unpaired) electrons. The van der Waals surface area contributed by atoms with Crippen LogP contribution in [0.3, 0.4) is 0 Å². The molecule has 3 rings (SSSR count). The normalized spacial score (nSPS) is 17.5.